The molecule has 0 spiro atoms. The first-order valence-electron chi connectivity index (χ1n) is 6.46. The van der Waals surface area contributed by atoms with E-state index >= 15 is 0 Å². The molecule has 1 fully saturated rings. The molecular weight excluding hydrogens is 250 g/mol. The van der Waals surface area contributed by atoms with Crippen LogP contribution in [0.2, 0.25) is 0 Å². The van der Waals surface area contributed by atoms with Crippen LogP contribution in [0.3, 0.4) is 0 Å². The van der Waals surface area contributed by atoms with Gasteiger partial charge >= 0.3 is 0 Å². The second-order valence-corrected chi connectivity index (χ2v) is 4.77. The van der Waals surface area contributed by atoms with E-state index in [-0.39, 0.29) is 24.4 Å². The molecule has 106 valence electrons. The average molecular weight is 276 g/mol. The molecule has 1 aliphatic heterocycles. The Bertz CT molecular complexity index is 259. The molecule has 1 amide bonds. The normalized spacial score (nSPS) is 21.8. The van der Waals surface area contributed by atoms with E-state index in [2.05, 4.69) is 22.1 Å². The largest absolute Gasteiger partial charge is 0.351 e. The number of hydrogen-bond acceptors (Lipinski definition) is 3. The summed E-state index contributed by atoms with van der Waals surface area (Å²) in [6.07, 6.45) is 4.16. The first-order valence-corrected chi connectivity index (χ1v) is 6.46. The Morgan fingerprint density at radius 3 is 2.94 bits per heavy atom. The van der Waals surface area contributed by atoms with Gasteiger partial charge in [0.15, 0.2) is 0 Å². The maximum atomic E-state index is 11.8. The number of carbonyl (C=O) groups excluding carboxylic acids is 1. The van der Waals surface area contributed by atoms with Crippen molar-refractivity contribution in [1.29, 1.82) is 0 Å². The number of nitrogens with zero attached hydrogens (tertiary/aromatic N) is 1. The van der Waals surface area contributed by atoms with Gasteiger partial charge in [-0.2, -0.15) is 0 Å². The summed E-state index contributed by atoms with van der Waals surface area (Å²) in [6, 6.07) is -0.0328. The fourth-order valence-corrected chi connectivity index (χ4v) is 2.39. The third kappa shape index (κ3) is 5.38. The lowest BCUT2D eigenvalue weighted by Gasteiger charge is -2.36. The van der Waals surface area contributed by atoms with Gasteiger partial charge < -0.3 is 10.6 Å². The molecule has 2 N–H and O–H groups in total. The molecule has 2 atom stereocenters. The van der Waals surface area contributed by atoms with Gasteiger partial charge in [-0.25, -0.2) is 0 Å². The molecule has 0 aliphatic carbocycles. The predicted molar refractivity (Wildman–Crippen MR) is 78.1 cm³/mol. The number of likely N-dealkylation sites (tertiary alicyclic amines) is 1. The smallest absolute Gasteiger partial charge is 0.237 e. The molecule has 1 heterocycles. The topological polar surface area (TPSA) is 44.4 Å². The Labute approximate surface area is 117 Å². The van der Waals surface area contributed by atoms with Gasteiger partial charge in [0.05, 0.1) is 6.04 Å². The van der Waals surface area contributed by atoms with Crippen molar-refractivity contribution in [2.24, 2.45) is 5.92 Å². The molecule has 1 aliphatic rings. The average Bonchev–Trinajstić information content (AvgIpc) is 2.35. The standard InChI is InChI=1S/C13H25N3O.ClH/c1-4-7-15-13(17)11(2)16-8-5-6-12(10-16)9-14-3;/h4,11-12,14H,1,5-10H2,2-3H3,(H,15,17);1H. The van der Waals surface area contributed by atoms with Gasteiger partial charge in [0.2, 0.25) is 5.91 Å². The molecule has 18 heavy (non-hydrogen) atoms. The highest BCUT2D eigenvalue weighted by molar-refractivity contribution is 5.85. The van der Waals surface area contributed by atoms with Gasteiger partial charge in [0.1, 0.15) is 0 Å². The SMILES string of the molecule is C=CCNC(=O)C(C)N1CCCC(CNC)C1.Cl. The number of carbonyl (C=O) groups is 1. The molecule has 0 saturated carbocycles. The van der Waals surface area contributed by atoms with Crippen LogP contribution >= 0.6 is 12.4 Å². The van der Waals surface area contributed by atoms with Crippen LogP contribution in [-0.4, -0.2) is 50.1 Å². The van der Waals surface area contributed by atoms with Gasteiger partial charge in [0.25, 0.3) is 0 Å². The van der Waals surface area contributed by atoms with Crippen LogP contribution in [-0.2, 0) is 4.79 Å². The maximum Gasteiger partial charge on any atom is 0.237 e. The predicted octanol–water partition coefficient (Wildman–Crippen LogP) is 1.03. The van der Waals surface area contributed by atoms with Crippen LogP contribution in [0.15, 0.2) is 12.7 Å². The molecule has 4 nitrogen and oxygen atoms in total. The summed E-state index contributed by atoms with van der Waals surface area (Å²) in [6.45, 7) is 9.23. The number of halogens is 1. The number of amides is 1. The molecule has 0 radical (unpaired) electrons. The molecule has 1 saturated heterocycles. The van der Waals surface area contributed by atoms with E-state index in [1.807, 2.05) is 14.0 Å². The zero-order chi connectivity index (χ0) is 12.7. The Morgan fingerprint density at radius 2 is 2.33 bits per heavy atom. The fourth-order valence-electron chi connectivity index (χ4n) is 2.39. The molecule has 0 bridgehead atoms. The lowest BCUT2D eigenvalue weighted by molar-refractivity contribution is -0.126. The summed E-state index contributed by atoms with van der Waals surface area (Å²) < 4.78 is 0. The molecule has 5 heteroatoms. The van der Waals surface area contributed by atoms with E-state index in [9.17, 15) is 4.79 Å². The lowest BCUT2D eigenvalue weighted by atomic mass is 9.97. The van der Waals surface area contributed by atoms with Crippen molar-refractivity contribution in [2.45, 2.75) is 25.8 Å². The zero-order valence-corrected chi connectivity index (χ0v) is 12.3. The van der Waals surface area contributed by atoms with Gasteiger partial charge in [-0.3, -0.25) is 9.69 Å². The van der Waals surface area contributed by atoms with Crippen LogP contribution in [0.5, 0.6) is 0 Å². The van der Waals surface area contributed by atoms with Crippen molar-refractivity contribution >= 4 is 18.3 Å². The molecule has 2 unspecified atom stereocenters. The lowest BCUT2D eigenvalue weighted by Crippen LogP contribution is -2.50. The monoisotopic (exact) mass is 275 g/mol. The highest BCUT2D eigenvalue weighted by Gasteiger charge is 2.26. The molecule has 0 aromatic heterocycles. The summed E-state index contributed by atoms with van der Waals surface area (Å²) >= 11 is 0. The Hall–Kier alpha value is -0.580. The van der Waals surface area contributed by atoms with Crippen LogP contribution in [0, 0.1) is 5.92 Å². The Morgan fingerprint density at radius 1 is 1.61 bits per heavy atom. The quantitative estimate of drug-likeness (QED) is 0.712. The van der Waals surface area contributed by atoms with E-state index in [1.165, 1.54) is 12.8 Å². The summed E-state index contributed by atoms with van der Waals surface area (Å²) in [7, 11) is 1.99. The summed E-state index contributed by atoms with van der Waals surface area (Å²) in [5.74, 6) is 0.776. The summed E-state index contributed by atoms with van der Waals surface area (Å²) in [5.41, 5.74) is 0. The first-order chi connectivity index (χ1) is 8.19. The van der Waals surface area contributed by atoms with Crippen molar-refractivity contribution in [3.8, 4) is 0 Å². The number of piperidine rings is 1. The zero-order valence-electron chi connectivity index (χ0n) is 11.4. The van der Waals surface area contributed by atoms with E-state index < -0.39 is 0 Å². The van der Waals surface area contributed by atoms with E-state index in [4.69, 9.17) is 0 Å². The first kappa shape index (κ1) is 17.4. The van der Waals surface area contributed by atoms with Crippen LogP contribution in [0.1, 0.15) is 19.8 Å². The number of nitrogens with one attached hydrogen (secondary N) is 2. The Balaban J connectivity index is 0.00000289. The van der Waals surface area contributed by atoms with E-state index in [0.717, 1.165) is 19.6 Å². The second-order valence-electron chi connectivity index (χ2n) is 4.77. The van der Waals surface area contributed by atoms with Gasteiger partial charge in [-0.15, -0.1) is 19.0 Å². The van der Waals surface area contributed by atoms with Crippen LogP contribution in [0.25, 0.3) is 0 Å². The highest BCUT2D eigenvalue weighted by atomic mass is 35.5. The van der Waals surface area contributed by atoms with Crippen molar-refractivity contribution < 1.29 is 4.79 Å². The minimum atomic E-state index is -0.0328. The fraction of sp³-hybridized carbons (Fsp3) is 0.769. The molecule has 1 rings (SSSR count). The summed E-state index contributed by atoms with van der Waals surface area (Å²) in [5, 5.41) is 6.08. The van der Waals surface area contributed by atoms with E-state index in [1.54, 1.807) is 6.08 Å². The third-order valence-electron chi connectivity index (χ3n) is 3.39. The summed E-state index contributed by atoms with van der Waals surface area (Å²) in [4.78, 5) is 14.1. The van der Waals surface area contributed by atoms with Crippen molar-refractivity contribution in [3.63, 3.8) is 0 Å². The van der Waals surface area contributed by atoms with Crippen molar-refractivity contribution in [1.82, 2.24) is 15.5 Å². The molecule has 0 aromatic carbocycles. The number of rotatable bonds is 6. The van der Waals surface area contributed by atoms with Gasteiger partial charge in [-0.05, 0) is 45.8 Å². The van der Waals surface area contributed by atoms with Gasteiger partial charge in [-0.1, -0.05) is 6.08 Å². The Kier molecular flexibility index (Phi) is 9.06. The number of hydrogen-bond donors (Lipinski definition) is 2. The van der Waals surface area contributed by atoms with Crippen LogP contribution in [0.4, 0.5) is 0 Å². The highest BCUT2D eigenvalue weighted by Crippen LogP contribution is 2.17. The van der Waals surface area contributed by atoms with E-state index in [0.29, 0.717) is 12.5 Å². The van der Waals surface area contributed by atoms with Crippen LogP contribution < -0.4 is 10.6 Å². The molecule has 0 aromatic rings. The third-order valence-corrected chi connectivity index (χ3v) is 3.39. The second kappa shape index (κ2) is 9.36. The van der Waals surface area contributed by atoms with Crippen molar-refractivity contribution in [3.05, 3.63) is 12.7 Å². The van der Waals surface area contributed by atoms with Gasteiger partial charge in [0, 0.05) is 13.1 Å². The minimum Gasteiger partial charge on any atom is -0.351 e. The minimum absolute atomic E-state index is 0. The van der Waals surface area contributed by atoms with Crippen molar-refractivity contribution in [2.75, 3.05) is 33.2 Å². The maximum absolute atomic E-state index is 11.8. The molecular formula is C13H26ClN3O.